The minimum Gasteiger partial charge on any atom is -0.384 e. The number of rotatable bonds is 8. The van der Waals surface area contributed by atoms with Gasteiger partial charge in [-0.25, -0.2) is 18.2 Å². The number of hydrogen-bond acceptors (Lipinski definition) is 4. The number of nitrogens with zero attached hydrogens (tertiary/aromatic N) is 2. The summed E-state index contributed by atoms with van der Waals surface area (Å²) < 4.78 is 46.3. The molecule has 2 aromatic carbocycles. The van der Waals surface area contributed by atoms with Gasteiger partial charge in [-0.05, 0) is 61.9 Å². The molecule has 8 heteroatoms. The predicted molar refractivity (Wildman–Crippen MR) is 127 cm³/mol. The molecule has 0 amide bonds. The van der Waals surface area contributed by atoms with Crippen LogP contribution in [0.1, 0.15) is 24.1 Å². The lowest BCUT2D eigenvalue weighted by Gasteiger charge is -2.26. The fourth-order valence-electron chi connectivity index (χ4n) is 3.83. The van der Waals surface area contributed by atoms with Gasteiger partial charge in [0.05, 0.1) is 24.4 Å². The van der Waals surface area contributed by atoms with E-state index in [0.29, 0.717) is 22.3 Å². The number of benzene rings is 2. The largest absolute Gasteiger partial charge is 0.384 e. The number of aromatic nitrogens is 1. The molecule has 1 fully saturated rings. The fourth-order valence-corrected chi connectivity index (χ4v) is 4.00. The zero-order valence-electron chi connectivity index (χ0n) is 18.1. The number of unbranched alkanes of at least 4 members (excludes halogenated alkanes) is 1. The molecule has 0 spiro atoms. The summed E-state index contributed by atoms with van der Waals surface area (Å²) in [5.41, 5.74) is 1.91. The second kappa shape index (κ2) is 11.0. The predicted octanol–water partition coefficient (Wildman–Crippen LogP) is 6.00. The van der Waals surface area contributed by atoms with Gasteiger partial charge in [-0.15, -0.1) is 0 Å². The van der Waals surface area contributed by atoms with Gasteiger partial charge in [0.15, 0.2) is 11.6 Å². The van der Waals surface area contributed by atoms with E-state index in [1.165, 1.54) is 12.2 Å². The molecule has 1 aliphatic rings. The number of pyridine rings is 1. The first-order valence-electron chi connectivity index (χ1n) is 11.0. The number of halogens is 4. The summed E-state index contributed by atoms with van der Waals surface area (Å²) in [6, 6.07) is 8.69. The van der Waals surface area contributed by atoms with Gasteiger partial charge in [0.2, 0.25) is 0 Å². The van der Waals surface area contributed by atoms with E-state index in [1.807, 2.05) is 12.1 Å². The lowest BCUT2D eigenvalue weighted by atomic mass is 10.1. The van der Waals surface area contributed by atoms with Crippen LogP contribution in [0.25, 0.3) is 23.1 Å². The average molecular weight is 476 g/mol. The van der Waals surface area contributed by atoms with Crippen LogP contribution in [0.5, 0.6) is 0 Å². The molecule has 3 aromatic rings. The Balaban J connectivity index is 1.48. The van der Waals surface area contributed by atoms with E-state index in [1.54, 1.807) is 12.1 Å². The maximum atomic E-state index is 14.0. The first kappa shape index (κ1) is 23.5. The molecule has 0 saturated carbocycles. The van der Waals surface area contributed by atoms with Gasteiger partial charge in [-0.3, -0.25) is 4.90 Å². The van der Waals surface area contributed by atoms with Gasteiger partial charge in [0.1, 0.15) is 5.82 Å². The van der Waals surface area contributed by atoms with Crippen LogP contribution in [0.2, 0.25) is 5.02 Å². The van der Waals surface area contributed by atoms with Crippen molar-refractivity contribution >= 4 is 40.3 Å². The second-order valence-electron chi connectivity index (χ2n) is 7.97. The van der Waals surface area contributed by atoms with Crippen LogP contribution in [-0.2, 0) is 4.74 Å². The SMILES string of the molecule is Fc1cc(F)c(F)c(/C=C/c2cc(NCCCCN3CCOCC3)c3cc(Cl)ccc3n2)c1. The molecule has 4 nitrogen and oxygen atoms in total. The summed E-state index contributed by atoms with van der Waals surface area (Å²) in [6.07, 6.45) is 4.90. The average Bonchev–Trinajstić information content (AvgIpc) is 2.81. The Morgan fingerprint density at radius 1 is 1.03 bits per heavy atom. The summed E-state index contributed by atoms with van der Waals surface area (Å²) in [5.74, 6) is -3.16. The molecule has 1 saturated heterocycles. The van der Waals surface area contributed by atoms with Crippen molar-refractivity contribution in [3.8, 4) is 0 Å². The van der Waals surface area contributed by atoms with E-state index in [2.05, 4.69) is 15.2 Å². The number of ether oxygens (including phenoxy) is 1. The summed E-state index contributed by atoms with van der Waals surface area (Å²) in [4.78, 5) is 6.96. The molecule has 1 aliphatic heterocycles. The first-order chi connectivity index (χ1) is 16.0. The quantitative estimate of drug-likeness (QED) is 0.320. The van der Waals surface area contributed by atoms with Crippen LogP contribution in [0.4, 0.5) is 18.9 Å². The van der Waals surface area contributed by atoms with Crippen LogP contribution >= 0.6 is 11.6 Å². The van der Waals surface area contributed by atoms with E-state index in [-0.39, 0.29) is 5.56 Å². The molecule has 1 aromatic heterocycles. The number of hydrogen-bond donors (Lipinski definition) is 1. The van der Waals surface area contributed by atoms with Crippen molar-refractivity contribution in [2.75, 3.05) is 44.7 Å². The van der Waals surface area contributed by atoms with Gasteiger partial charge < -0.3 is 10.1 Å². The zero-order valence-corrected chi connectivity index (χ0v) is 18.8. The van der Waals surface area contributed by atoms with Gasteiger partial charge >= 0.3 is 0 Å². The number of nitrogens with one attached hydrogen (secondary N) is 1. The molecule has 1 N–H and O–H groups in total. The summed E-state index contributed by atoms with van der Waals surface area (Å²) >= 11 is 6.19. The highest BCUT2D eigenvalue weighted by molar-refractivity contribution is 6.31. The molecule has 4 rings (SSSR count). The Morgan fingerprint density at radius 2 is 1.85 bits per heavy atom. The lowest BCUT2D eigenvalue weighted by molar-refractivity contribution is 0.0373. The number of morpholine rings is 1. The molecular formula is C25H25ClF3N3O. The topological polar surface area (TPSA) is 37.4 Å². The van der Waals surface area contributed by atoms with E-state index < -0.39 is 17.5 Å². The monoisotopic (exact) mass is 475 g/mol. The minimum atomic E-state index is -1.23. The molecule has 0 atom stereocenters. The number of fused-ring (bicyclic) bond motifs is 1. The smallest absolute Gasteiger partial charge is 0.166 e. The molecule has 0 bridgehead atoms. The van der Waals surface area contributed by atoms with Crippen molar-refractivity contribution in [1.82, 2.24) is 9.88 Å². The van der Waals surface area contributed by atoms with Crippen LogP contribution in [0.3, 0.4) is 0 Å². The van der Waals surface area contributed by atoms with Crippen molar-refractivity contribution in [3.05, 3.63) is 70.1 Å². The van der Waals surface area contributed by atoms with Crippen molar-refractivity contribution in [3.63, 3.8) is 0 Å². The van der Waals surface area contributed by atoms with Crippen LogP contribution in [-0.4, -0.2) is 49.3 Å². The third-order valence-corrected chi connectivity index (χ3v) is 5.80. The number of anilines is 1. The van der Waals surface area contributed by atoms with Gasteiger partial charge in [-0.1, -0.05) is 11.6 Å². The first-order valence-corrected chi connectivity index (χ1v) is 11.3. The molecular weight excluding hydrogens is 451 g/mol. The minimum absolute atomic E-state index is 0.178. The van der Waals surface area contributed by atoms with Crippen molar-refractivity contribution < 1.29 is 17.9 Å². The molecule has 0 unspecified atom stereocenters. The molecule has 33 heavy (non-hydrogen) atoms. The Kier molecular flexibility index (Phi) is 7.85. The van der Waals surface area contributed by atoms with Gasteiger partial charge in [-0.2, -0.15) is 0 Å². The molecule has 0 aliphatic carbocycles. The highest BCUT2D eigenvalue weighted by Gasteiger charge is 2.11. The van der Waals surface area contributed by atoms with E-state index >= 15 is 0 Å². The van der Waals surface area contributed by atoms with E-state index in [0.717, 1.165) is 69.4 Å². The standard InChI is InChI=1S/C25H25ClF3N3O/c26-18-4-6-23-21(14-18)24(30-7-1-2-8-32-9-11-33-12-10-32)16-20(31-23)5-3-17-13-19(27)15-22(28)25(17)29/h3-6,13-16H,1-2,7-12H2,(H,30,31)/b5-3+. The van der Waals surface area contributed by atoms with E-state index in [9.17, 15) is 13.2 Å². The van der Waals surface area contributed by atoms with Gasteiger partial charge in [0, 0.05) is 47.4 Å². The second-order valence-corrected chi connectivity index (χ2v) is 8.40. The normalized spacial score (nSPS) is 14.9. The lowest BCUT2D eigenvalue weighted by Crippen LogP contribution is -2.36. The van der Waals surface area contributed by atoms with Crippen molar-refractivity contribution in [2.45, 2.75) is 12.8 Å². The Bertz CT molecular complexity index is 1150. The summed E-state index contributed by atoms with van der Waals surface area (Å²) in [7, 11) is 0. The Hall–Kier alpha value is -2.61. The van der Waals surface area contributed by atoms with Crippen molar-refractivity contribution in [1.29, 1.82) is 0 Å². The van der Waals surface area contributed by atoms with Crippen LogP contribution in [0.15, 0.2) is 36.4 Å². The Labute approximate surface area is 196 Å². The maximum absolute atomic E-state index is 14.0. The third kappa shape index (κ3) is 6.25. The van der Waals surface area contributed by atoms with E-state index in [4.69, 9.17) is 16.3 Å². The van der Waals surface area contributed by atoms with Crippen molar-refractivity contribution in [2.24, 2.45) is 0 Å². The van der Waals surface area contributed by atoms with Gasteiger partial charge in [0.25, 0.3) is 0 Å². The third-order valence-electron chi connectivity index (χ3n) is 5.57. The Morgan fingerprint density at radius 3 is 2.67 bits per heavy atom. The summed E-state index contributed by atoms with van der Waals surface area (Å²) in [6.45, 7) is 5.36. The van der Waals surface area contributed by atoms with Crippen LogP contribution < -0.4 is 5.32 Å². The molecule has 2 heterocycles. The molecule has 174 valence electrons. The fraction of sp³-hybridized carbons (Fsp3) is 0.320. The molecule has 0 radical (unpaired) electrons. The summed E-state index contributed by atoms with van der Waals surface area (Å²) in [5, 5.41) is 4.92. The maximum Gasteiger partial charge on any atom is 0.166 e. The highest BCUT2D eigenvalue weighted by Crippen LogP contribution is 2.27. The zero-order chi connectivity index (χ0) is 23.2. The van der Waals surface area contributed by atoms with Crippen LogP contribution in [0, 0.1) is 17.5 Å². The highest BCUT2D eigenvalue weighted by atomic mass is 35.5.